The van der Waals surface area contributed by atoms with Crippen LogP contribution in [0.4, 0.5) is 0 Å². The maximum atomic E-state index is 13.0. The number of hydrogen-bond donors (Lipinski definition) is 0. The van der Waals surface area contributed by atoms with Crippen molar-refractivity contribution in [3.8, 4) is 0 Å². The van der Waals surface area contributed by atoms with Crippen LogP contribution in [0.2, 0.25) is 0 Å². The fourth-order valence-corrected chi connectivity index (χ4v) is 4.62. The van der Waals surface area contributed by atoms with Crippen LogP contribution in [0.3, 0.4) is 0 Å². The summed E-state index contributed by atoms with van der Waals surface area (Å²) in [5.41, 5.74) is 1.16. The Labute approximate surface area is 136 Å². The van der Waals surface area contributed by atoms with Crippen molar-refractivity contribution < 1.29 is 13.2 Å². The minimum absolute atomic E-state index is 0.148. The largest absolute Gasteiger partial charge is 0.295 e. The maximum Gasteiger partial charge on any atom is 0.243 e. The molecule has 1 aromatic heterocycles. The first-order valence-electron chi connectivity index (χ1n) is 7.54. The summed E-state index contributed by atoms with van der Waals surface area (Å²) >= 11 is 0. The molecule has 0 amide bonds. The Kier molecular flexibility index (Phi) is 4.28. The van der Waals surface area contributed by atoms with E-state index < -0.39 is 10.0 Å². The van der Waals surface area contributed by atoms with Crippen LogP contribution in [0.5, 0.6) is 0 Å². The van der Waals surface area contributed by atoms with Crippen molar-refractivity contribution in [2.24, 2.45) is 0 Å². The highest BCUT2D eigenvalue weighted by Crippen LogP contribution is 2.35. The molecule has 6 heteroatoms. The lowest BCUT2D eigenvalue weighted by molar-refractivity contribution is 0.101. The van der Waals surface area contributed by atoms with Gasteiger partial charge in [-0.25, -0.2) is 8.42 Å². The van der Waals surface area contributed by atoms with E-state index in [1.54, 1.807) is 18.3 Å². The molecule has 5 nitrogen and oxygen atoms in total. The Morgan fingerprint density at radius 2 is 2.04 bits per heavy atom. The lowest BCUT2D eigenvalue weighted by Crippen LogP contribution is -2.31. The van der Waals surface area contributed by atoms with Crippen LogP contribution in [-0.4, -0.2) is 30.0 Å². The highest BCUT2D eigenvalue weighted by Gasteiger charge is 2.36. The summed E-state index contributed by atoms with van der Waals surface area (Å²) in [5, 5.41) is 0. The predicted molar refractivity (Wildman–Crippen MR) is 86.6 cm³/mol. The number of nitrogens with zero attached hydrogens (tertiary/aromatic N) is 2. The van der Waals surface area contributed by atoms with Crippen molar-refractivity contribution in [1.82, 2.24) is 9.29 Å². The molecule has 1 atom stereocenters. The summed E-state index contributed by atoms with van der Waals surface area (Å²) in [6.07, 6.45) is 3.23. The first-order chi connectivity index (χ1) is 11.0. The van der Waals surface area contributed by atoms with Gasteiger partial charge in [0.2, 0.25) is 10.0 Å². The topological polar surface area (TPSA) is 67.3 Å². The average molecular weight is 330 g/mol. The molecular formula is C17H18N2O3S. The molecule has 1 saturated heterocycles. The summed E-state index contributed by atoms with van der Waals surface area (Å²) in [6, 6.07) is 11.5. The molecule has 2 heterocycles. The van der Waals surface area contributed by atoms with Gasteiger partial charge < -0.3 is 0 Å². The summed E-state index contributed by atoms with van der Waals surface area (Å²) in [6.45, 7) is 1.89. The molecule has 0 aliphatic carbocycles. The van der Waals surface area contributed by atoms with E-state index in [0.717, 1.165) is 18.5 Å². The van der Waals surface area contributed by atoms with Crippen LogP contribution >= 0.6 is 0 Å². The quantitative estimate of drug-likeness (QED) is 0.809. The van der Waals surface area contributed by atoms with Crippen LogP contribution in [0.25, 0.3) is 0 Å². The van der Waals surface area contributed by atoms with Gasteiger partial charge in [0.05, 0.1) is 16.6 Å². The second-order valence-electron chi connectivity index (χ2n) is 5.61. The summed E-state index contributed by atoms with van der Waals surface area (Å²) in [4.78, 5) is 16.0. The highest BCUT2D eigenvalue weighted by atomic mass is 32.2. The monoisotopic (exact) mass is 330 g/mol. The van der Waals surface area contributed by atoms with E-state index >= 15 is 0 Å². The second kappa shape index (κ2) is 6.22. The molecule has 1 fully saturated rings. The van der Waals surface area contributed by atoms with Crippen molar-refractivity contribution in [1.29, 1.82) is 0 Å². The minimum atomic E-state index is -3.65. The molecule has 23 heavy (non-hydrogen) atoms. The molecule has 1 aliphatic rings. The Hall–Kier alpha value is -2.05. The molecule has 0 N–H and O–H groups in total. The van der Waals surface area contributed by atoms with E-state index in [2.05, 4.69) is 4.98 Å². The SMILES string of the molecule is CC(=O)c1cccc(S(=O)(=O)N2CCCC2c2ccccn2)c1. The van der Waals surface area contributed by atoms with Gasteiger partial charge in [0.15, 0.2) is 5.78 Å². The van der Waals surface area contributed by atoms with Crippen LogP contribution < -0.4 is 0 Å². The first kappa shape index (κ1) is 15.8. The summed E-state index contributed by atoms with van der Waals surface area (Å²) in [5.74, 6) is -0.148. The third kappa shape index (κ3) is 3.04. The zero-order valence-corrected chi connectivity index (χ0v) is 13.7. The van der Waals surface area contributed by atoms with Crippen molar-refractivity contribution in [3.63, 3.8) is 0 Å². The number of Topliss-reactive ketones (excluding diaryl/α,β-unsaturated/α-hetero) is 1. The van der Waals surface area contributed by atoms with Gasteiger partial charge in [-0.1, -0.05) is 18.2 Å². The first-order valence-corrected chi connectivity index (χ1v) is 8.98. The van der Waals surface area contributed by atoms with E-state index in [-0.39, 0.29) is 16.7 Å². The van der Waals surface area contributed by atoms with Crippen molar-refractivity contribution >= 4 is 15.8 Å². The lowest BCUT2D eigenvalue weighted by atomic mass is 10.1. The van der Waals surface area contributed by atoms with E-state index in [4.69, 9.17) is 0 Å². The number of rotatable bonds is 4. The van der Waals surface area contributed by atoms with Crippen molar-refractivity contribution in [2.75, 3.05) is 6.54 Å². The Bertz CT molecular complexity index is 819. The fraction of sp³-hybridized carbons (Fsp3) is 0.294. The second-order valence-corrected chi connectivity index (χ2v) is 7.50. The molecule has 0 saturated carbocycles. The fourth-order valence-electron chi connectivity index (χ4n) is 2.91. The van der Waals surface area contributed by atoms with E-state index in [1.807, 2.05) is 18.2 Å². The summed E-state index contributed by atoms with van der Waals surface area (Å²) < 4.78 is 27.5. The number of ketones is 1. The number of sulfonamides is 1. The van der Waals surface area contributed by atoms with Gasteiger partial charge in [-0.2, -0.15) is 4.31 Å². The molecule has 1 aromatic carbocycles. The van der Waals surface area contributed by atoms with E-state index in [1.165, 1.54) is 23.4 Å². The number of benzene rings is 1. The van der Waals surface area contributed by atoms with Gasteiger partial charge in [-0.05, 0) is 44.0 Å². The lowest BCUT2D eigenvalue weighted by Gasteiger charge is -2.23. The number of aromatic nitrogens is 1. The molecule has 1 aliphatic heterocycles. The van der Waals surface area contributed by atoms with Crippen LogP contribution in [0.1, 0.15) is 41.9 Å². The molecule has 0 spiro atoms. The van der Waals surface area contributed by atoms with Gasteiger partial charge >= 0.3 is 0 Å². The third-order valence-electron chi connectivity index (χ3n) is 4.08. The van der Waals surface area contributed by atoms with Gasteiger partial charge in [0.25, 0.3) is 0 Å². The van der Waals surface area contributed by atoms with Crippen LogP contribution in [0.15, 0.2) is 53.6 Å². The van der Waals surface area contributed by atoms with Crippen molar-refractivity contribution in [3.05, 3.63) is 59.9 Å². The Morgan fingerprint density at radius 1 is 1.22 bits per heavy atom. The molecule has 3 rings (SSSR count). The zero-order chi connectivity index (χ0) is 16.4. The van der Waals surface area contributed by atoms with Gasteiger partial charge in [0, 0.05) is 18.3 Å². The number of hydrogen-bond acceptors (Lipinski definition) is 4. The standard InChI is InChI=1S/C17H18N2O3S/c1-13(20)14-6-4-7-15(12-14)23(21,22)19-11-5-9-17(19)16-8-2-3-10-18-16/h2-4,6-8,10,12,17H,5,9,11H2,1H3. The number of carbonyl (C=O) groups excluding carboxylic acids is 1. The number of carbonyl (C=O) groups is 1. The summed E-state index contributed by atoms with van der Waals surface area (Å²) in [7, 11) is -3.65. The normalized spacial score (nSPS) is 18.9. The molecule has 0 bridgehead atoms. The number of pyridine rings is 1. The van der Waals surface area contributed by atoms with Gasteiger partial charge in [-0.15, -0.1) is 0 Å². The Balaban J connectivity index is 1.99. The van der Waals surface area contributed by atoms with Crippen LogP contribution in [-0.2, 0) is 10.0 Å². The van der Waals surface area contributed by atoms with E-state index in [9.17, 15) is 13.2 Å². The average Bonchev–Trinajstić information content (AvgIpc) is 3.06. The molecule has 1 unspecified atom stereocenters. The zero-order valence-electron chi connectivity index (χ0n) is 12.8. The highest BCUT2D eigenvalue weighted by molar-refractivity contribution is 7.89. The van der Waals surface area contributed by atoms with Gasteiger partial charge in [-0.3, -0.25) is 9.78 Å². The van der Waals surface area contributed by atoms with E-state index in [0.29, 0.717) is 12.1 Å². The molecule has 2 aromatic rings. The van der Waals surface area contributed by atoms with Crippen LogP contribution in [0, 0.1) is 0 Å². The van der Waals surface area contributed by atoms with Crippen molar-refractivity contribution in [2.45, 2.75) is 30.7 Å². The van der Waals surface area contributed by atoms with Gasteiger partial charge in [0.1, 0.15) is 0 Å². The Morgan fingerprint density at radius 3 is 2.74 bits per heavy atom. The molecular weight excluding hydrogens is 312 g/mol. The third-order valence-corrected chi connectivity index (χ3v) is 5.98. The molecule has 0 radical (unpaired) electrons. The maximum absolute atomic E-state index is 13.0. The smallest absolute Gasteiger partial charge is 0.243 e. The minimum Gasteiger partial charge on any atom is -0.295 e. The molecule has 120 valence electrons. The predicted octanol–water partition coefficient (Wildman–Crippen LogP) is 2.81.